The lowest BCUT2D eigenvalue weighted by Gasteiger charge is -2.39. The summed E-state index contributed by atoms with van der Waals surface area (Å²) < 4.78 is 32.9. The molecule has 31 heavy (non-hydrogen) atoms. The number of hydrogen-bond acceptors (Lipinski definition) is 10. The summed E-state index contributed by atoms with van der Waals surface area (Å²) in [6.45, 7) is 3.42. The normalized spacial score (nSPS) is 23.1. The summed E-state index contributed by atoms with van der Waals surface area (Å²) in [5.74, 6) is -1.24. The average molecular weight is 434 g/mol. The first-order valence-electron chi connectivity index (χ1n) is 9.54. The van der Waals surface area contributed by atoms with E-state index < -0.39 is 42.5 Å². The van der Waals surface area contributed by atoms with Crippen LogP contribution < -0.4 is 4.74 Å². The van der Waals surface area contributed by atoms with Crippen molar-refractivity contribution in [2.45, 2.75) is 51.8 Å². The molecule has 2 aromatic rings. The largest absolute Gasteiger partial charge is 0.464 e. The van der Waals surface area contributed by atoms with Crippen LogP contribution in [-0.2, 0) is 33.3 Å². The van der Waals surface area contributed by atoms with Gasteiger partial charge in [-0.1, -0.05) is 6.07 Å². The van der Waals surface area contributed by atoms with Gasteiger partial charge >= 0.3 is 17.9 Å². The highest BCUT2D eigenvalue weighted by Gasteiger charge is 2.44. The number of rotatable bonds is 7. The Kier molecular flexibility index (Phi) is 6.91. The molecule has 0 bridgehead atoms. The number of carbonyl (C=O) groups excluding carboxylic acids is 4. The molecule has 1 fully saturated rings. The number of ether oxygens (including phenoxy) is 5. The van der Waals surface area contributed by atoms with Crippen molar-refractivity contribution >= 4 is 35.2 Å². The number of esters is 3. The van der Waals surface area contributed by atoms with Gasteiger partial charge in [0.15, 0.2) is 18.2 Å². The lowest BCUT2D eigenvalue weighted by atomic mass is 10.0. The van der Waals surface area contributed by atoms with Crippen molar-refractivity contribution in [3.63, 3.8) is 0 Å². The molecule has 0 aliphatic carbocycles. The van der Waals surface area contributed by atoms with Gasteiger partial charge < -0.3 is 28.1 Å². The summed E-state index contributed by atoms with van der Waals surface area (Å²) in [7, 11) is 0. The molecule has 1 aromatic heterocycles. The molecule has 3 rings (SSSR count). The molecule has 1 aliphatic rings. The zero-order chi connectivity index (χ0) is 22.5. The SMILES string of the molecule is CC(=O)OC[C@H]1O[C@@H](Oc2cccc3oc(C=O)cc23)C[C@@H](OC(C)=O)[C@H]1OC(C)=O. The standard InChI is InChI=1S/C21H22O10/c1-11(23)26-10-19-21(28-13(3)25)18(27-12(2)24)8-20(31-19)30-17-6-4-5-16-15(17)7-14(9-22)29-16/h4-7,9,18-21H,8,10H2,1-3H3/t18-,19-,20-,21-/m1/s1. The van der Waals surface area contributed by atoms with Crippen LogP contribution in [0.5, 0.6) is 5.75 Å². The topological polar surface area (TPSA) is 128 Å². The number of hydrogen-bond donors (Lipinski definition) is 0. The van der Waals surface area contributed by atoms with E-state index in [9.17, 15) is 19.2 Å². The van der Waals surface area contributed by atoms with E-state index in [1.54, 1.807) is 18.2 Å². The second kappa shape index (κ2) is 9.61. The highest BCUT2D eigenvalue weighted by molar-refractivity contribution is 5.89. The minimum Gasteiger partial charge on any atom is -0.464 e. The predicted molar refractivity (Wildman–Crippen MR) is 103 cm³/mol. The van der Waals surface area contributed by atoms with Gasteiger partial charge in [-0.15, -0.1) is 0 Å². The van der Waals surface area contributed by atoms with Crippen LogP contribution in [0.25, 0.3) is 11.0 Å². The summed E-state index contributed by atoms with van der Waals surface area (Å²) in [6, 6.07) is 6.55. The van der Waals surface area contributed by atoms with Crippen molar-refractivity contribution in [1.82, 2.24) is 0 Å². The molecule has 0 unspecified atom stereocenters. The molecule has 1 aliphatic heterocycles. The number of furan rings is 1. The Hall–Kier alpha value is -3.40. The van der Waals surface area contributed by atoms with Gasteiger partial charge in [0.2, 0.25) is 6.29 Å². The maximum absolute atomic E-state index is 11.6. The maximum Gasteiger partial charge on any atom is 0.303 e. The third-order valence-corrected chi connectivity index (χ3v) is 4.47. The van der Waals surface area contributed by atoms with Crippen LogP contribution in [0, 0.1) is 0 Å². The summed E-state index contributed by atoms with van der Waals surface area (Å²) in [5.41, 5.74) is 0.446. The van der Waals surface area contributed by atoms with E-state index in [4.69, 9.17) is 28.1 Å². The van der Waals surface area contributed by atoms with Gasteiger partial charge in [0, 0.05) is 20.8 Å². The van der Waals surface area contributed by atoms with Gasteiger partial charge in [-0.05, 0) is 18.2 Å². The Morgan fingerprint density at radius 1 is 1.10 bits per heavy atom. The Labute approximate surface area is 177 Å². The zero-order valence-corrected chi connectivity index (χ0v) is 17.2. The van der Waals surface area contributed by atoms with E-state index >= 15 is 0 Å². The minimum absolute atomic E-state index is 0.0445. The molecule has 0 amide bonds. The molecule has 1 aromatic carbocycles. The van der Waals surface area contributed by atoms with Crippen LogP contribution in [0.2, 0.25) is 0 Å². The average Bonchev–Trinajstić information content (AvgIpc) is 3.12. The highest BCUT2D eigenvalue weighted by atomic mass is 16.7. The van der Waals surface area contributed by atoms with Crippen molar-refractivity contribution in [2.75, 3.05) is 6.61 Å². The first kappa shape index (κ1) is 22.3. The lowest BCUT2D eigenvalue weighted by molar-refractivity contribution is -0.245. The van der Waals surface area contributed by atoms with Crippen molar-refractivity contribution < 1.29 is 47.3 Å². The van der Waals surface area contributed by atoms with E-state index in [2.05, 4.69) is 0 Å². The van der Waals surface area contributed by atoms with Crippen LogP contribution in [0.1, 0.15) is 37.7 Å². The molecule has 0 radical (unpaired) electrons. The lowest BCUT2D eigenvalue weighted by Crippen LogP contribution is -2.54. The van der Waals surface area contributed by atoms with Gasteiger partial charge in [0.25, 0.3) is 0 Å². The van der Waals surface area contributed by atoms with E-state index in [0.717, 1.165) is 0 Å². The fraction of sp³-hybridized carbons (Fsp3) is 0.429. The predicted octanol–water partition coefficient (Wildman–Crippen LogP) is 2.17. The molecule has 0 spiro atoms. The quantitative estimate of drug-likeness (QED) is 0.363. The highest BCUT2D eigenvalue weighted by Crippen LogP contribution is 2.33. The van der Waals surface area contributed by atoms with Crippen LogP contribution in [-0.4, -0.2) is 55.4 Å². The summed E-state index contributed by atoms with van der Waals surface area (Å²) in [6.07, 6.45) is -3.14. The van der Waals surface area contributed by atoms with E-state index in [1.165, 1.54) is 26.8 Å². The third-order valence-electron chi connectivity index (χ3n) is 4.47. The van der Waals surface area contributed by atoms with Crippen molar-refractivity contribution in [1.29, 1.82) is 0 Å². The molecular formula is C21H22O10. The van der Waals surface area contributed by atoms with E-state index in [1.807, 2.05) is 0 Å². The van der Waals surface area contributed by atoms with E-state index in [-0.39, 0.29) is 18.8 Å². The van der Waals surface area contributed by atoms with Crippen LogP contribution in [0.3, 0.4) is 0 Å². The first-order chi connectivity index (χ1) is 14.8. The van der Waals surface area contributed by atoms with Gasteiger partial charge in [0.05, 0.1) is 11.8 Å². The van der Waals surface area contributed by atoms with Crippen LogP contribution in [0.15, 0.2) is 28.7 Å². The van der Waals surface area contributed by atoms with Gasteiger partial charge in [-0.3, -0.25) is 19.2 Å². The number of benzene rings is 1. The fourth-order valence-electron chi connectivity index (χ4n) is 3.33. The van der Waals surface area contributed by atoms with Crippen molar-refractivity contribution in [3.8, 4) is 5.75 Å². The molecule has 166 valence electrons. The summed E-state index contributed by atoms with van der Waals surface area (Å²) in [4.78, 5) is 45.5. The Morgan fingerprint density at radius 3 is 2.48 bits per heavy atom. The smallest absolute Gasteiger partial charge is 0.303 e. The second-order valence-corrected chi connectivity index (χ2v) is 6.92. The number of carbonyl (C=O) groups is 4. The summed E-state index contributed by atoms with van der Waals surface area (Å²) >= 11 is 0. The molecule has 0 saturated carbocycles. The monoisotopic (exact) mass is 434 g/mol. The van der Waals surface area contributed by atoms with Gasteiger partial charge in [0.1, 0.15) is 30.1 Å². The maximum atomic E-state index is 11.6. The summed E-state index contributed by atoms with van der Waals surface area (Å²) in [5, 5.41) is 0.552. The molecule has 10 nitrogen and oxygen atoms in total. The number of fused-ring (bicyclic) bond motifs is 1. The first-order valence-corrected chi connectivity index (χ1v) is 9.54. The second-order valence-electron chi connectivity index (χ2n) is 6.92. The molecule has 2 heterocycles. The third kappa shape index (κ3) is 5.60. The Bertz CT molecular complexity index is 978. The molecule has 4 atom stereocenters. The van der Waals surface area contributed by atoms with Gasteiger partial charge in [-0.25, -0.2) is 0 Å². The fourth-order valence-corrected chi connectivity index (χ4v) is 3.33. The zero-order valence-electron chi connectivity index (χ0n) is 17.2. The van der Waals surface area contributed by atoms with Crippen molar-refractivity contribution in [2.24, 2.45) is 0 Å². The minimum atomic E-state index is -0.994. The Balaban J connectivity index is 1.87. The molecule has 10 heteroatoms. The van der Waals surface area contributed by atoms with Crippen LogP contribution >= 0.6 is 0 Å². The van der Waals surface area contributed by atoms with E-state index in [0.29, 0.717) is 23.0 Å². The molecule has 1 saturated heterocycles. The molecular weight excluding hydrogens is 412 g/mol. The number of aldehydes is 1. The van der Waals surface area contributed by atoms with Crippen molar-refractivity contribution in [3.05, 3.63) is 30.0 Å². The van der Waals surface area contributed by atoms with Gasteiger partial charge in [-0.2, -0.15) is 0 Å². The Morgan fingerprint density at radius 2 is 1.84 bits per heavy atom. The van der Waals surface area contributed by atoms with Crippen LogP contribution in [0.4, 0.5) is 0 Å². The molecule has 0 N–H and O–H groups in total.